The normalized spacial score (nSPS) is 11.8. The van der Waals surface area contributed by atoms with Crippen molar-refractivity contribution in [2.45, 2.75) is 19.8 Å². The second-order valence-corrected chi connectivity index (χ2v) is 5.06. The fraction of sp³-hybridized carbons (Fsp3) is 0.533. The minimum absolute atomic E-state index is 0.391. The number of methoxy groups -OCH3 is 2. The number of ether oxygens (including phenoxy) is 3. The highest BCUT2D eigenvalue weighted by Gasteiger charge is 2.11. The highest BCUT2D eigenvalue weighted by Crippen LogP contribution is 2.28. The van der Waals surface area contributed by atoms with Crippen molar-refractivity contribution in [1.82, 2.24) is 0 Å². The SMILES string of the molecule is COC(=O)c1ccc(OCCC(C)CCS)c(OC)c1. The van der Waals surface area contributed by atoms with E-state index in [0.717, 1.165) is 18.6 Å². The van der Waals surface area contributed by atoms with E-state index in [-0.39, 0.29) is 0 Å². The zero-order valence-corrected chi connectivity index (χ0v) is 13.1. The first-order valence-electron chi connectivity index (χ1n) is 6.62. The fourth-order valence-corrected chi connectivity index (χ4v) is 2.21. The molecule has 0 aliphatic carbocycles. The smallest absolute Gasteiger partial charge is 0.337 e. The molecular formula is C15H22O4S. The van der Waals surface area contributed by atoms with Crippen molar-refractivity contribution >= 4 is 18.6 Å². The number of thiol groups is 1. The molecule has 1 rings (SSSR count). The summed E-state index contributed by atoms with van der Waals surface area (Å²) >= 11 is 4.22. The van der Waals surface area contributed by atoms with Crippen molar-refractivity contribution in [3.8, 4) is 11.5 Å². The average molecular weight is 298 g/mol. The van der Waals surface area contributed by atoms with Gasteiger partial charge in [0.05, 0.1) is 26.4 Å². The van der Waals surface area contributed by atoms with E-state index in [0.29, 0.717) is 29.6 Å². The van der Waals surface area contributed by atoms with Crippen LogP contribution in [0.15, 0.2) is 18.2 Å². The van der Waals surface area contributed by atoms with Crippen molar-refractivity contribution in [3.63, 3.8) is 0 Å². The first-order chi connectivity index (χ1) is 9.62. The number of rotatable bonds is 8. The summed E-state index contributed by atoms with van der Waals surface area (Å²) in [6, 6.07) is 5.02. The molecule has 0 radical (unpaired) electrons. The third-order valence-electron chi connectivity index (χ3n) is 3.07. The van der Waals surface area contributed by atoms with E-state index in [4.69, 9.17) is 9.47 Å². The molecule has 0 saturated carbocycles. The maximum absolute atomic E-state index is 11.4. The summed E-state index contributed by atoms with van der Waals surface area (Å²) in [5.74, 6) is 2.25. The molecule has 1 aromatic rings. The summed E-state index contributed by atoms with van der Waals surface area (Å²) in [4.78, 5) is 11.4. The van der Waals surface area contributed by atoms with Crippen LogP contribution >= 0.6 is 12.6 Å². The number of hydrogen-bond acceptors (Lipinski definition) is 5. The summed E-state index contributed by atoms with van der Waals surface area (Å²) < 4.78 is 15.6. The number of benzene rings is 1. The Morgan fingerprint density at radius 2 is 2.00 bits per heavy atom. The van der Waals surface area contributed by atoms with E-state index >= 15 is 0 Å². The molecule has 0 saturated heterocycles. The molecule has 20 heavy (non-hydrogen) atoms. The van der Waals surface area contributed by atoms with Crippen molar-refractivity contribution in [1.29, 1.82) is 0 Å². The lowest BCUT2D eigenvalue weighted by Gasteiger charge is -2.14. The van der Waals surface area contributed by atoms with E-state index < -0.39 is 5.97 Å². The van der Waals surface area contributed by atoms with Crippen LogP contribution in [0.25, 0.3) is 0 Å². The monoisotopic (exact) mass is 298 g/mol. The highest BCUT2D eigenvalue weighted by atomic mass is 32.1. The maximum Gasteiger partial charge on any atom is 0.337 e. The molecule has 0 fully saturated rings. The minimum Gasteiger partial charge on any atom is -0.493 e. The predicted octanol–water partition coefficient (Wildman–Crippen LogP) is 3.21. The van der Waals surface area contributed by atoms with Gasteiger partial charge in [-0.1, -0.05) is 6.92 Å². The topological polar surface area (TPSA) is 44.8 Å². The summed E-state index contributed by atoms with van der Waals surface area (Å²) in [5, 5.41) is 0. The first kappa shape index (κ1) is 16.7. The summed E-state index contributed by atoms with van der Waals surface area (Å²) in [7, 11) is 2.90. The van der Waals surface area contributed by atoms with Gasteiger partial charge in [0, 0.05) is 0 Å². The molecule has 0 amide bonds. The minimum atomic E-state index is -0.391. The first-order valence-corrected chi connectivity index (χ1v) is 7.25. The van der Waals surface area contributed by atoms with Crippen LogP contribution in [-0.4, -0.2) is 32.5 Å². The quantitative estimate of drug-likeness (QED) is 0.591. The van der Waals surface area contributed by atoms with Gasteiger partial charge in [-0.25, -0.2) is 4.79 Å². The van der Waals surface area contributed by atoms with Gasteiger partial charge in [0.25, 0.3) is 0 Å². The van der Waals surface area contributed by atoms with E-state index in [1.807, 2.05) is 0 Å². The molecule has 112 valence electrons. The molecular weight excluding hydrogens is 276 g/mol. The van der Waals surface area contributed by atoms with Gasteiger partial charge in [-0.2, -0.15) is 12.6 Å². The van der Waals surface area contributed by atoms with Gasteiger partial charge in [-0.05, 0) is 42.7 Å². The zero-order valence-electron chi connectivity index (χ0n) is 12.2. The molecule has 1 atom stereocenters. The largest absolute Gasteiger partial charge is 0.493 e. The zero-order chi connectivity index (χ0) is 15.0. The molecule has 0 N–H and O–H groups in total. The van der Waals surface area contributed by atoms with Gasteiger partial charge < -0.3 is 14.2 Å². The molecule has 0 heterocycles. The number of carbonyl (C=O) groups excluding carboxylic acids is 1. The molecule has 4 nitrogen and oxygen atoms in total. The molecule has 5 heteroatoms. The molecule has 0 aliphatic heterocycles. The van der Waals surface area contributed by atoms with Crippen molar-refractivity contribution in [2.75, 3.05) is 26.6 Å². The standard InChI is InChI=1S/C15H22O4S/c1-11(7-9-20)6-8-19-13-5-4-12(15(16)18-3)10-14(13)17-2/h4-5,10-11,20H,6-9H2,1-3H3. The molecule has 1 aromatic carbocycles. The average Bonchev–Trinajstić information content (AvgIpc) is 2.47. The Morgan fingerprint density at radius 1 is 1.25 bits per heavy atom. The van der Waals surface area contributed by atoms with Crippen LogP contribution in [0.3, 0.4) is 0 Å². The van der Waals surface area contributed by atoms with E-state index in [2.05, 4.69) is 24.3 Å². The van der Waals surface area contributed by atoms with E-state index in [1.165, 1.54) is 7.11 Å². The number of esters is 1. The Balaban J connectivity index is 2.64. The Hall–Kier alpha value is -1.36. The third kappa shape index (κ3) is 4.96. The van der Waals surface area contributed by atoms with Crippen molar-refractivity contribution in [2.24, 2.45) is 5.92 Å². The molecule has 0 aliphatic rings. The van der Waals surface area contributed by atoms with E-state index in [9.17, 15) is 4.79 Å². The second kappa shape index (κ2) is 8.74. The van der Waals surface area contributed by atoms with Crippen LogP contribution in [0, 0.1) is 5.92 Å². The number of hydrogen-bond donors (Lipinski definition) is 1. The van der Waals surface area contributed by atoms with Gasteiger partial charge in [-0.15, -0.1) is 0 Å². The Morgan fingerprint density at radius 3 is 2.60 bits per heavy atom. The molecule has 0 bridgehead atoms. The Bertz CT molecular complexity index is 434. The summed E-state index contributed by atoms with van der Waals surface area (Å²) in [6.45, 7) is 2.79. The maximum atomic E-state index is 11.4. The van der Waals surface area contributed by atoms with Gasteiger partial charge in [0.2, 0.25) is 0 Å². The van der Waals surface area contributed by atoms with Crippen LogP contribution < -0.4 is 9.47 Å². The fourth-order valence-electron chi connectivity index (χ4n) is 1.77. The highest BCUT2D eigenvalue weighted by molar-refractivity contribution is 7.80. The molecule has 0 spiro atoms. The van der Waals surface area contributed by atoms with Crippen LogP contribution in [0.1, 0.15) is 30.1 Å². The van der Waals surface area contributed by atoms with Gasteiger partial charge in [-0.3, -0.25) is 0 Å². The lowest BCUT2D eigenvalue weighted by Crippen LogP contribution is -2.06. The predicted molar refractivity (Wildman–Crippen MR) is 82.1 cm³/mol. The third-order valence-corrected chi connectivity index (χ3v) is 3.33. The van der Waals surface area contributed by atoms with Gasteiger partial charge >= 0.3 is 5.97 Å². The van der Waals surface area contributed by atoms with Crippen LogP contribution in [0.5, 0.6) is 11.5 Å². The Kier molecular flexibility index (Phi) is 7.30. The molecule has 1 unspecified atom stereocenters. The van der Waals surface area contributed by atoms with Gasteiger partial charge in [0.1, 0.15) is 0 Å². The number of carbonyl (C=O) groups is 1. The summed E-state index contributed by atoms with van der Waals surface area (Å²) in [5.41, 5.74) is 0.445. The summed E-state index contributed by atoms with van der Waals surface area (Å²) in [6.07, 6.45) is 2.04. The second-order valence-electron chi connectivity index (χ2n) is 4.61. The van der Waals surface area contributed by atoms with Crippen molar-refractivity contribution < 1.29 is 19.0 Å². The Labute approximate surface area is 125 Å². The lowest BCUT2D eigenvalue weighted by molar-refractivity contribution is 0.0600. The van der Waals surface area contributed by atoms with Crippen LogP contribution in [0.2, 0.25) is 0 Å². The van der Waals surface area contributed by atoms with Crippen molar-refractivity contribution in [3.05, 3.63) is 23.8 Å². The van der Waals surface area contributed by atoms with Crippen LogP contribution in [0.4, 0.5) is 0 Å². The van der Waals surface area contributed by atoms with Gasteiger partial charge in [0.15, 0.2) is 11.5 Å². The van der Waals surface area contributed by atoms with Crippen LogP contribution in [-0.2, 0) is 4.74 Å². The molecule has 0 aromatic heterocycles. The van der Waals surface area contributed by atoms with E-state index in [1.54, 1.807) is 25.3 Å². The lowest BCUT2D eigenvalue weighted by atomic mass is 10.1.